The van der Waals surface area contributed by atoms with Crippen LogP contribution in [0.4, 0.5) is 0 Å². The van der Waals surface area contributed by atoms with Crippen molar-refractivity contribution < 1.29 is 4.79 Å². The highest BCUT2D eigenvalue weighted by Crippen LogP contribution is 2.29. The Morgan fingerprint density at radius 3 is 2.71 bits per heavy atom. The van der Waals surface area contributed by atoms with Crippen LogP contribution in [-0.2, 0) is 4.79 Å². The molecule has 0 aromatic rings. The van der Waals surface area contributed by atoms with Gasteiger partial charge in [0.1, 0.15) is 0 Å². The van der Waals surface area contributed by atoms with Gasteiger partial charge in [-0.15, -0.1) is 0 Å². The van der Waals surface area contributed by atoms with Gasteiger partial charge in [0, 0.05) is 17.9 Å². The summed E-state index contributed by atoms with van der Waals surface area (Å²) in [5.74, 6) is 0.403. The molecule has 0 aromatic carbocycles. The van der Waals surface area contributed by atoms with Gasteiger partial charge in [0.15, 0.2) is 0 Å². The minimum Gasteiger partial charge on any atom is -0.353 e. The Labute approximate surface area is 84.5 Å². The summed E-state index contributed by atoms with van der Waals surface area (Å²) in [5, 5.41) is 11.8. The van der Waals surface area contributed by atoms with Crippen LogP contribution in [0.5, 0.6) is 0 Å². The number of nitrogens with one attached hydrogen (secondary N) is 1. The highest BCUT2D eigenvalue weighted by Gasteiger charge is 2.30. The molecule has 2 aliphatic rings. The van der Waals surface area contributed by atoms with Crippen LogP contribution in [0.2, 0.25) is 0 Å². The number of amides is 1. The van der Waals surface area contributed by atoms with E-state index in [2.05, 4.69) is 11.4 Å². The lowest BCUT2D eigenvalue weighted by atomic mass is 9.82. The Kier molecular flexibility index (Phi) is 2.72. The van der Waals surface area contributed by atoms with E-state index < -0.39 is 0 Å². The second-order valence-electron chi connectivity index (χ2n) is 4.47. The van der Waals surface area contributed by atoms with Gasteiger partial charge in [-0.3, -0.25) is 4.79 Å². The maximum Gasteiger partial charge on any atom is 0.223 e. The van der Waals surface area contributed by atoms with Crippen molar-refractivity contribution in [3.8, 4) is 6.07 Å². The van der Waals surface area contributed by atoms with Crippen LogP contribution in [0, 0.1) is 23.2 Å². The van der Waals surface area contributed by atoms with Crippen LogP contribution in [0.3, 0.4) is 0 Å². The third-order valence-electron chi connectivity index (χ3n) is 3.15. The highest BCUT2D eigenvalue weighted by molar-refractivity contribution is 5.79. The zero-order valence-electron chi connectivity index (χ0n) is 8.33. The summed E-state index contributed by atoms with van der Waals surface area (Å²) in [5.41, 5.74) is 0. The van der Waals surface area contributed by atoms with Crippen LogP contribution >= 0.6 is 0 Å². The van der Waals surface area contributed by atoms with E-state index in [1.807, 2.05) is 0 Å². The van der Waals surface area contributed by atoms with Gasteiger partial charge in [-0.05, 0) is 32.1 Å². The second kappa shape index (κ2) is 4.00. The van der Waals surface area contributed by atoms with Crippen molar-refractivity contribution >= 4 is 5.91 Å². The number of nitrogens with zero attached hydrogens (tertiary/aromatic N) is 1. The van der Waals surface area contributed by atoms with Crippen LogP contribution in [0.1, 0.15) is 38.5 Å². The standard InChI is InChI=1S/C11H16N2O/c12-7-8-2-1-3-9(6-8)11(14)13-10-4-5-10/h8-10H,1-6H2,(H,13,14)/t8-,9+/m0/s1. The first-order valence-corrected chi connectivity index (χ1v) is 5.49. The molecule has 14 heavy (non-hydrogen) atoms. The lowest BCUT2D eigenvalue weighted by Gasteiger charge is -2.24. The molecule has 0 spiro atoms. The fraction of sp³-hybridized carbons (Fsp3) is 0.818. The summed E-state index contributed by atoms with van der Waals surface area (Å²) < 4.78 is 0. The van der Waals surface area contributed by atoms with Crippen molar-refractivity contribution in [1.29, 1.82) is 5.26 Å². The minimum atomic E-state index is 0.106. The number of hydrogen-bond donors (Lipinski definition) is 1. The number of carbonyl (C=O) groups is 1. The SMILES string of the molecule is N#C[C@H]1CCC[C@@H](C(=O)NC2CC2)C1. The third-order valence-corrected chi connectivity index (χ3v) is 3.15. The first-order valence-electron chi connectivity index (χ1n) is 5.49. The fourth-order valence-electron chi connectivity index (χ4n) is 2.09. The molecule has 0 bridgehead atoms. The van der Waals surface area contributed by atoms with Crippen molar-refractivity contribution in [2.24, 2.45) is 11.8 Å². The number of rotatable bonds is 2. The van der Waals surface area contributed by atoms with Gasteiger partial charge in [-0.25, -0.2) is 0 Å². The average molecular weight is 192 g/mol. The van der Waals surface area contributed by atoms with Gasteiger partial charge in [-0.1, -0.05) is 6.42 Å². The molecule has 0 saturated heterocycles. The lowest BCUT2D eigenvalue weighted by Crippen LogP contribution is -2.34. The van der Waals surface area contributed by atoms with E-state index in [9.17, 15) is 4.79 Å². The molecule has 0 radical (unpaired) electrons. The Hall–Kier alpha value is -1.04. The molecule has 2 aliphatic carbocycles. The third kappa shape index (κ3) is 2.25. The first kappa shape index (κ1) is 9.51. The average Bonchev–Trinajstić information content (AvgIpc) is 3.02. The molecule has 76 valence electrons. The molecule has 2 rings (SSSR count). The van der Waals surface area contributed by atoms with Gasteiger partial charge in [0.05, 0.1) is 6.07 Å². The van der Waals surface area contributed by atoms with E-state index in [0.29, 0.717) is 6.04 Å². The molecular formula is C11H16N2O. The smallest absolute Gasteiger partial charge is 0.223 e. The lowest BCUT2D eigenvalue weighted by molar-refractivity contribution is -0.126. The van der Waals surface area contributed by atoms with Crippen molar-refractivity contribution in [3.63, 3.8) is 0 Å². The van der Waals surface area contributed by atoms with Crippen LogP contribution in [0.15, 0.2) is 0 Å². The van der Waals surface area contributed by atoms with Crippen LogP contribution in [-0.4, -0.2) is 11.9 Å². The molecule has 0 unspecified atom stereocenters. The second-order valence-corrected chi connectivity index (χ2v) is 4.47. The molecule has 0 aromatic heterocycles. The summed E-state index contributed by atoms with van der Waals surface area (Å²) in [7, 11) is 0. The van der Waals surface area contributed by atoms with Gasteiger partial charge in [0.25, 0.3) is 0 Å². The molecule has 0 aliphatic heterocycles. The predicted octanol–water partition coefficient (Wildman–Crippen LogP) is 1.59. The van der Waals surface area contributed by atoms with E-state index in [4.69, 9.17) is 5.26 Å². The van der Waals surface area contributed by atoms with Gasteiger partial charge in [-0.2, -0.15) is 5.26 Å². The molecule has 1 amide bonds. The van der Waals surface area contributed by atoms with Crippen molar-refractivity contribution in [1.82, 2.24) is 5.32 Å². The van der Waals surface area contributed by atoms with E-state index in [1.54, 1.807) is 0 Å². The number of nitriles is 1. The topological polar surface area (TPSA) is 52.9 Å². The number of hydrogen-bond acceptors (Lipinski definition) is 2. The Bertz CT molecular complexity index is 265. The summed E-state index contributed by atoms with van der Waals surface area (Å²) in [6.07, 6.45) is 6.02. The summed E-state index contributed by atoms with van der Waals surface area (Å²) in [4.78, 5) is 11.7. The molecule has 2 saturated carbocycles. The van der Waals surface area contributed by atoms with Crippen LogP contribution < -0.4 is 5.32 Å². The van der Waals surface area contributed by atoms with E-state index in [-0.39, 0.29) is 17.7 Å². The highest BCUT2D eigenvalue weighted by atomic mass is 16.2. The fourth-order valence-corrected chi connectivity index (χ4v) is 2.09. The maximum atomic E-state index is 11.7. The van der Waals surface area contributed by atoms with E-state index in [0.717, 1.165) is 38.5 Å². The monoisotopic (exact) mass is 192 g/mol. The quantitative estimate of drug-likeness (QED) is 0.722. The molecule has 3 nitrogen and oxygen atoms in total. The van der Waals surface area contributed by atoms with Gasteiger partial charge < -0.3 is 5.32 Å². The molecular weight excluding hydrogens is 176 g/mol. The van der Waals surface area contributed by atoms with E-state index >= 15 is 0 Å². The largest absolute Gasteiger partial charge is 0.353 e. The Morgan fingerprint density at radius 2 is 2.07 bits per heavy atom. The Balaban J connectivity index is 1.83. The van der Waals surface area contributed by atoms with Crippen molar-refractivity contribution in [2.45, 2.75) is 44.6 Å². The molecule has 2 fully saturated rings. The van der Waals surface area contributed by atoms with E-state index in [1.165, 1.54) is 0 Å². The molecule has 2 atom stereocenters. The van der Waals surface area contributed by atoms with Crippen molar-refractivity contribution in [2.75, 3.05) is 0 Å². The first-order chi connectivity index (χ1) is 6.79. The Morgan fingerprint density at radius 1 is 1.29 bits per heavy atom. The zero-order chi connectivity index (χ0) is 9.97. The maximum absolute atomic E-state index is 11.7. The number of carbonyl (C=O) groups excluding carboxylic acids is 1. The molecule has 0 heterocycles. The predicted molar refractivity (Wildman–Crippen MR) is 52.2 cm³/mol. The summed E-state index contributed by atoms with van der Waals surface area (Å²) >= 11 is 0. The van der Waals surface area contributed by atoms with Gasteiger partial charge in [0.2, 0.25) is 5.91 Å². The summed E-state index contributed by atoms with van der Waals surface area (Å²) in [6.45, 7) is 0. The normalized spacial score (nSPS) is 31.9. The minimum absolute atomic E-state index is 0.106. The molecule has 3 heteroatoms. The molecule has 1 N–H and O–H groups in total. The van der Waals surface area contributed by atoms with Crippen LogP contribution in [0.25, 0.3) is 0 Å². The zero-order valence-corrected chi connectivity index (χ0v) is 8.33. The van der Waals surface area contributed by atoms with Gasteiger partial charge >= 0.3 is 0 Å². The summed E-state index contributed by atoms with van der Waals surface area (Å²) in [6, 6.07) is 2.73. The van der Waals surface area contributed by atoms with Crippen molar-refractivity contribution in [3.05, 3.63) is 0 Å².